The van der Waals surface area contributed by atoms with E-state index in [4.69, 9.17) is 4.74 Å². The fraction of sp³-hybridized carbons (Fsp3) is 0.600. The molecule has 1 N–H and O–H groups in total. The van der Waals surface area contributed by atoms with Crippen molar-refractivity contribution in [3.63, 3.8) is 0 Å². The van der Waals surface area contributed by atoms with Crippen LogP contribution in [0.15, 0.2) is 22.7 Å². The molecule has 0 heterocycles. The average Bonchev–Trinajstić information content (AvgIpc) is 2.39. The maximum absolute atomic E-state index is 13.2. The Balaban J connectivity index is 2.60. The van der Waals surface area contributed by atoms with Crippen molar-refractivity contribution >= 4 is 15.9 Å². The van der Waals surface area contributed by atoms with Gasteiger partial charge in [-0.25, -0.2) is 4.39 Å². The van der Waals surface area contributed by atoms with Gasteiger partial charge in [-0.05, 0) is 51.9 Å². The van der Waals surface area contributed by atoms with Gasteiger partial charge in [0.15, 0.2) is 0 Å². The Labute approximate surface area is 123 Å². The first-order chi connectivity index (χ1) is 9.00. The van der Waals surface area contributed by atoms with Gasteiger partial charge in [0.1, 0.15) is 5.82 Å². The van der Waals surface area contributed by atoms with E-state index in [0.29, 0.717) is 4.47 Å². The van der Waals surface area contributed by atoms with Gasteiger partial charge < -0.3 is 10.1 Å². The van der Waals surface area contributed by atoms with Gasteiger partial charge in [0.05, 0.1) is 11.1 Å². The van der Waals surface area contributed by atoms with E-state index < -0.39 is 0 Å². The first kappa shape index (κ1) is 16.6. The molecule has 0 spiro atoms. The van der Waals surface area contributed by atoms with Crippen molar-refractivity contribution in [2.75, 3.05) is 26.8 Å². The van der Waals surface area contributed by atoms with E-state index in [0.717, 1.165) is 38.1 Å². The lowest BCUT2D eigenvalue weighted by molar-refractivity contribution is 0.191. The largest absolute Gasteiger partial charge is 0.383 e. The van der Waals surface area contributed by atoms with Crippen LogP contribution >= 0.6 is 15.9 Å². The molecular formula is C15H23BrFNO. The number of hydrogen-bond donors (Lipinski definition) is 1. The lowest BCUT2D eigenvalue weighted by atomic mass is 9.81. The molecule has 0 saturated carbocycles. The summed E-state index contributed by atoms with van der Waals surface area (Å²) in [5.41, 5.74) is 1.33. The molecule has 0 aliphatic heterocycles. The normalized spacial score (nSPS) is 14.4. The fourth-order valence-corrected chi connectivity index (χ4v) is 2.45. The van der Waals surface area contributed by atoms with Crippen molar-refractivity contribution < 1.29 is 9.13 Å². The van der Waals surface area contributed by atoms with Gasteiger partial charge in [-0.15, -0.1) is 0 Å². The summed E-state index contributed by atoms with van der Waals surface area (Å²) in [6.45, 7) is 6.96. The van der Waals surface area contributed by atoms with E-state index in [9.17, 15) is 4.39 Å². The molecule has 2 nitrogen and oxygen atoms in total. The summed E-state index contributed by atoms with van der Waals surface area (Å²) in [6, 6.07) is 5.26. The zero-order chi connectivity index (χ0) is 14.3. The molecule has 0 aliphatic rings. The molecule has 0 fully saturated rings. The predicted octanol–water partition coefficient (Wildman–Crippen LogP) is 3.78. The summed E-state index contributed by atoms with van der Waals surface area (Å²) in [5, 5.41) is 3.41. The van der Waals surface area contributed by atoms with Gasteiger partial charge in [-0.1, -0.05) is 19.9 Å². The van der Waals surface area contributed by atoms with Gasteiger partial charge in [0, 0.05) is 20.2 Å². The van der Waals surface area contributed by atoms with Crippen molar-refractivity contribution in [2.45, 2.75) is 26.7 Å². The summed E-state index contributed by atoms with van der Waals surface area (Å²) >= 11 is 3.24. The SMILES string of the molecule is CCC(C)(CNCCOC)Cc1ccc(F)c(Br)c1. The first-order valence-electron chi connectivity index (χ1n) is 6.64. The molecule has 4 heteroatoms. The quantitative estimate of drug-likeness (QED) is 0.732. The molecule has 1 aromatic carbocycles. The average molecular weight is 332 g/mol. The maximum Gasteiger partial charge on any atom is 0.137 e. The minimum absolute atomic E-state index is 0.172. The second kappa shape index (κ2) is 7.98. The first-order valence-corrected chi connectivity index (χ1v) is 7.43. The number of ether oxygens (including phenoxy) is 1. The standard InChI is InChI=1S/C15H23BrFNO/c1-4-15(2,11-18-7-8-19-3)10-12-5-6-14(17)13(16)9-12/h5-6,9,18H,4,7-8,10-11H2,1-3H3. The third-order valence-electron chi connectivity index (χ3n) is 3.50. The molecular weight excluding hydrogens is 309 g/mol. The van der Waals surface area contributed by atoms with Gasteiger partial charge in [-0.2, -0.15) is 0 Å². The van der Waals surface area contributed by atoms with Crippen molar-refractivity contribution in [1.82, 2.24) is 5.32 Å². The molecule has 0 aromatic heterocycles. The molecule has 1 aromatic rings. The smallest absolute Gasteiger partial charge is 0.137 e. The Bertz CT molecular complexity index is 400. The minimum atomic E-state index is -0.208. The topological polar surface area (TPSA) is 21.3 Å². The second-order valence-electron chi connectivity index (χ2n) is 5.26. The summed E-state index contributed by atoms with van der Waals surface area (Å²) in [6.07, 6.45) is 2.00. The highest BCUT2D eigenvalue weighted by molar-refractivity contribution is 9.10. The van der Waals surface area contributed by atoms with Gasteiger partial charge in [-0.3, -0.25) is 0 Å². The van der Waals surface area contributed by atoms with Crippen molar-refractivity contribution in [3.05, 3.63) is 34.1 Å². The molecule has 0 bridgehead atoms. The number of rotatable bonds is 8. The van der Waals surface area contributed by atoms with Crippen molar-refractivity contribution in [3.8, 4) is 0 Å². The third-order valence-corrected chi connectivity index (χ3v) is 4.11. The Morgan fingerprint density at radius 1 is 1.42 bits per heavy atom. The summed E-state index contributed by atoms with van der Waals surface area (Å²) in [4.78, 5) is 0. The van der Waals surface area contributed by atoms with E-state index >= 15 is 0 Å². The van der Waals surface area contributed by atoms with Crippen LogP contribution in [0.2, 0.25) is 0 Å². The fourth-order valence-electron chi connectivity index (χ4n) is 2.02. The van der Waals surface area contributed by atoms with Gasteiger partial charge in [0.25, 0.3) is 0 Å². The highest BCUT2D eigenvalue weighted by Gasteiger charge is 2.22. The molecule has 0 aliphatic carbocycles. The Hall–Kier alpha value is -0.450. The molecule has 1 unspecified atom stereocenters. The van der Waals surface area contributed by atoms with Gasteiger partial charge in [0.2, 0.25) is 0 Å². The number of benzene rings is 1. The third kappa shape index (κ3) is 5.59. The van der Waals surface area contributed by atoms with Gasteiger partial charge >= 0.3 is 0 Å². The van der Waals surface area contributed by atoms with Crippen LogP contribution < -0.4 is 5.32 Å². The van der Waals surface area contributed by atoms with E-state index in [1.807, 2.05) is 12.1 Å². The van der Waals surface area contributed by atoms with Crippen LogP contribution in [0, 0.1) is 11.2 Å². The van der Waals surface area contributed by atoms with Crippen LogP contribution in [0.4, 0.5) is 4.39 Å². The number of hydrogen-bond acceptors (Lipinski definition) is 2. The van der Waals surface area contributed by atoms with E-state index in [2.05, 4.69) is 35.1 Å². The lowest BCUT2D eigenvalue weighted by Gasteiger charge is -2.29. The second-order valence-corrected chi connectivity index (χ2v) is 6.11. The van der Waals surface area contributed by atoms with Crippen LogP contribution in [0.3, 0.4) is 0 Å². The Morgan fingerprint density at radius 3 is 2.74 bits per heavy atom. The zero-order valence-electron chi connectivity index (χ0n) is 11.9. The lowest BCUT2D eigenvalue weighted by Crippen LogP contribution is -2.34. The van der Waals surface area contributed by atoms with Crippen molar-refractivity contribution in [1.29, 1.82) is 0 Å². The van der Waals surface area contributed by atoms with E-state index in [1.165, 1.54) is 6.07 Å². The minimum Gasteiger partial charge on any atom is -0.383 e. The molecule has 1 atom stereocenters. The van der Waals surface area contributed by atoms with E-state index in [1.54, 1.807) is 7.11 Å². The molecule has 1 rings (SSSR count). The molecule has 0 saturated heterocycles. The Kier molecular flexibility index (Phi) is 6.97. The van der Waals surface area contributed by atoms with E-state index in [-0.39, 0.29) is 11.2 Å². The zero-order valence-corrected chi connectivity index (χ0v) is 13.5. The number of halogens is 2. The Morgan fingerprint density at radius 2 is 2.16 bits per heavy atom. The summed E-state index contributed by atoms with van der Waals surface area (Å²) in [5.74, 6) is -0.208. The van der Waals surface area contributed by atoms with Crippen LogP contribution in [-0.4, -0.2) is 26.8 Å². The number of methoxy groups -OCH3 is 1. The molecule has 0 radical (unpaired) electrons. The maximum atomic E-state index is 13.2. The summed E-state index contributed by atoms with van der Waals surface area (Å²) < 4.78 is 18.8. The van der Waals surface area contributed by atoms with Crippen molar-refractivity contribution in [2.24, 2.45) is 5.41 Å². The highest BCUT2D eigenvalue weighted by atomic mass is 79.9. The monoisotopic (exact) mass is 331 g/mol. The molecule has 108 valence electrons. The summed E-state index contributed by atoms with van der Waals surface area (Å²) in [7, 11) is 1.71. The highest BCUT2D eigenvalue weighted by Crippen LogP contribution is 2.27. The van der Waals surface area contributed by atoms with Crippen LogP contribution in [-0.2, 0) is 11.2 Å². The van der Waals surface area contributed by atoms with Crippen LogP contribution in [0.5, 0.6) is 0 Å². The van der Waals surface area contributed by atoms with Crippen LogP contribution in [0.1, 0.15) is 25.8 Å². The predicted molar refractivity (Wildman–Crippen MR) is 80.9 cm³/mol. The molecule has 19 heavy (non-hydrogen) atoms. The van der Waals surface area contributed by atoms with Crippen LogP contribution in [0.25, 0.3) is 0 Å². The number of nitrogens with one attached hydrogen (secondary N) is 1. The molecule has 0 amide bonds.